The lowest BCUT2D eigenvalue weighted by atomic mass is 10.1. The standard InChI is InChI=1S/C19H16ClN3O/c20-17-8-5-14(6-9-17)12-22-23-19(24)13-21-18-10-7-15-3-1-2-4-16(15)11-18/h1-12,21H,13H2,(H,23,24)/b22-12+. The van der Waals surface area contributed by atoms with Crippen LogP contribution in [0.25, 0.3) is 10.8 Å². The molecular weight excluding hydrogens is 322 g/mol. The first kappa shape index (κ1) is 16.0. The minimum Gasteiger partial charge on any atom is -0.376 e. The summed E-state index contributed by atoms with van der Waals surface area (Å²) in [6, 6.07) is 21.3. The highest BCUT2D eigenvalue weighted by Crippen LogP contribution is 2.18. The zero-order valence-corrected chi connectivity index (χ0v) is 13.6. The van der Waals surface area contributed by atoms with Crippen LogP contribution in [0.2, 0.25) is 5.02 Å². The number of hydrogen-bond donors (Lipinski definition) is 2. The van der Waals surface area contributed by atoms with Crippen molar-refractivity contribution < 1.29 is 4.79 Å². The van der Waals surface area contributed by atoms with Gasteiger partial charge in [0.15, 0.2) is 0 Å². The number of hydrogen-bond acceptors (Lipinski definition) is 3. The van der Waals surface area contributed by atoms with Crippen molar-refractivity contribution in [3.05, 3.63) is 77.3 Å². The molecule has 0 saturated heterocycles. The molecule has 120 valence electrons. The lowest BCUT2D eigenvalue weighted by molar-refractivity contribution is -0.119. The molecule has 3 rings (SSSR count). The van der Waals surface area contributed by atoms with Gasteiger partial charge in [0.2, 0.25) is 0 Å². The second-order valence-corrected chi connectivity index (χ2v) is 5.70. The molecule has 0 heterocycles. The molecule has 0 spiro atoms. The first-order chi connectivity index (χ1) is 11.7. The van der Waals surface area contributed by atoms with Gasteiger partial charge in [0.05, 0.1) is 12.8 Å². The Balaban J connectivity index is 1.52. The van der Waals surface area contributed by atoms with Gasteiger partial charge in [0.1, 0.15) is 0 Å². The fourth-order valence-electron chi connectivity index (χ4n) is 2.25. The smallest absolute Gasteiger partial charge is 0.259 e. The van der Waals surface area contributed by atoms with Gasteiger partial charge in [0, 0.05) is 10.7 Å². The SMILES string of the molecule is O=C(CNc1ccc2ccccc2c1)N/N=C/c1ccc(Cl)cc1. The van der Waals surface area contributed by atoms with Gasteiger partial charge < -0.3 is 5.32 Å². The third kappa shape index (κ3) is 4.33. The van der Waals surface area contributed by atoms with Crippen molar-refractivity contribution in [1.29, 1.82) is 0 Å². The largest absolute Gasteiger partial charge is 0.376 e. The Morgan fingerprint density at radius 1 is 1.00 bits per heavy atom. The number of hydrazone groups is 1. The molecule has 0 aliphatic carbocycles. The van der Waals surface area contributed by atoms with Crippen molar-refractivity contribution in [2.75, 3.05) is 11.9 Å². The summed E-state index contributed by atoms with van der Waals surface area (Å²) in [6.07, 6.45) is 1.57. The maximum atomic E-state index is 11.8. The summed E-state index contributed by atoms with van der Waals surface area (Å²) in [5.41, 5.74) is 4.25. The number of carbonyl (C=O) groups is 1. The number of rotatable bonds is 5. The fraction of sp³-hybridized carbons (Fsp3) is 0.0526. The highest BCUT2D eigenvalue weighted by atomic mass is 35.5. The van der Waals surface area contributed by atoms with E-state index in [4.69, 9.17) is 11.6 Å². The minimum atomic E-state index is -0.214. The molecule has 4 nitrogen and oxygen atoms in total. The van der Waals surface area contributed by atoms with E-state index < -0.39 is 0 Å². The molecule has 0 saturated carbocycles. The monoisotopic (exact) mass is 337 g/mol. The van der Waals surface area contributed by atoms with E-state index >= 15 is 0 Å². The second-order valence-electron chi connectivity index (χ2n) is 5.26. The molecule has 1 amide bonds. The minimum absolute atomic E-state index is 0.149. The van der Waals surface area contributed by atoms with Gasteiger partial charge in [-0.2, -0.15) is 5.10 Å². The van der Waals surface area contributed by atoms with E-state index in [1.807, 2.05) is 48.5 Å². The molecule has 0 fully saturated rings. The molecule has 5 heteroatoms. The lowest BCUT2D eigenvalue weighted by Crippen LogP contribution is -2.25. The summed E-state index contributed by atoms with van der Waals surface area (Å²) in [5, 5.41) is 9.97. The van der Waals surface area contributed by atoms with Crippen LogP contribution in [0.15, 0.2) is 71.8 Å². The molecule has 0 atom stereocenters. The van der Waals surface area contributed by atoms with E-state index in [0.717, 1.165) is 16.6 Å². The Bertz CT molecular complexity index is 875. The number of nitrogens with zero attached hydrogens (tertiary/aromatic N) is 1. The van der Waals surface area contributed by atoms with Gasteiger partial charge in [-0.1, -0.05) is 54.1 Å². The predicted octanol–water partition coefficient (Wildman–Crippen LogP) is 4.06. The molecule has 2 N–H and O–H groups in total. The van der Waals surface area contributed by atoms with Gasteiger partial charge >= 0.3 is 0 Å². The summed E-state index contributed by atoms with van der Waals surface area (Å²) in [5.74, 6) is -0.214. The molecular formula is C19H16ClN3O. The summed E-state index contributed by atoms with van der Waals surface area (Å²) < 4.78 is 0. The summed E-state index contributed by atoms with van der Waals surface area (Å²) >= 11 is 5.81. The molecule has 24 heavy (non-hydrogen) atoms. The first-order valence-corrected chi connectivity index (χ1v) is 7.89. The van der Waals surface area contributed by atoms with Crippen LogP contribution in [0.1, 0.15) is 5.56 Å². The van der Waals surface area contributed by atoms with E-state index in [1.165, 1.54) is 5.39 Å². The second kappa shape index (κ2) is 7.62. The van der Waals surface area contributed by atoms with Crippen LogP contribution < -0.4 is 10.7 Å². The zero-order chi connectivity index (χ0) is 16.8. The van der Waals surface area contributed by atoms with Crippen LogP contribution in [0, 0.1) is 0 Å². The Morgan fingerprint density at radius 3 is 2.54 bits per heavy atom. The fourth-order valence-corrected chi connectivity index (χ4v) is 2.37. The number of fused-ring (bicyclic) bond motifs is 1. The average molecular weight is 338 g/mol. The summed E-state index contributed by atoms with van der Waals surface area (Å²) in [4.78, 5) is 11.8. The molecule has 3 aromatic rings. The van der Waals surface area contributed by atoms with Crippen LogP contribution in [-0.4, -0.2) is 18.7 Å². The van der Waals surface area contributed by atoms with Crippen molar-refractivity contribution in [3.8, 4) is 0 Å². The Kier molecular flexibility index (Phi) is 5.08. The highest BCUT2D eigenvalue weighted by Gasteiger charge is 2.00. The number of carbonyl (C=O) groups excluding carboxylic acids is 1. The third-order valence-corrected chi connectivity index (χ3v) is 3.73. The molecule has 3 aromatic carbocycles. The zero-order valence-electron chi connectivity index (χ0n) is 12.9. The van der Waals surface area contributed by atoms with Crippen LogP contribution in [0.5, 0.6) is 0 Å². The molecule has 0 bridgehead atoms. The Hall–Kier alpha value is -2.85. The van der Waals surface area contributed by atoms with Gasteiger partial charge in [-0.05, 0) is 40.6 Å². The number of anilines is 1. The Morgan fingerprint density at radius 2 is 1.75 bits per heavy atom. The van der Waals surface area contributed by atoms with Crippen LogP contribution in [0.4, 0.5) is 5.69 Å². The molecule has 0 unspecified atom stereocenters. The number of amides is 1. The molecule has 0 aromatic heterocycles. The number of nitrogens with one attached hydrogen (secondary N) is 2. The summed E-state index contributed by atoms with van der Waals surface area (Å²) in [7, 11) is 0. The van der Waals surface area contributed by atoms with Crippen LogP contribution >= 0.6 is 11.6 Å². The maximum Gasteiger partial charge on any atom is 0.259 e. The lowest BCUT2D eigenvalue weighted by Gasteiger charge is -2.06. The van der Waals surface area contributed by atoms with E-state index in [2.05, 4.69) is 21.9 Å². The van der Waals surface area contributed by atoms with Gasteiger partial charge in [-0.25, -0.2) is 5.43 Å². The van der Waals surface area contributed by atoms with Crippen LogP contribution in [-0.2, 0) is 4.79 Å². The highest BCUT2D eigenvalue weighted by molar-refractivity contribution is 6.30. The van der Waals surface area contributed by atoms with Gasteiger partial charge in [-0.3, -0.25) is 4.79 Å². The normalized spacial score (nSPS) is 10.9. The Labute approximate surface area is 145 Å². The van der Waals surface area contributed by atoms with Crippen LogP contribution in [0.3, 0.4) is 0 Å². The van der Waals surface area contributed by atoms with Crippen molar-refractivity contribution in [3.63, 3.8) is 0 Å². The van der Waals surface area contributed by atoms with E-state index in [0.29, 0.717) is 5.02 Å². The number of halogens is 1. The molecule has 0 aliphatic heterocycles. The third-order valence-electron chi connectivity index (χ3n) is 3.48. The predicted molar refractivity (Wildman–Crippen MR) is 99.6 cm³/mol. The van der Waals surface area contributed by atoms with E-state index in [1.54, 1.807) is 18.3 Å². The van der Waals surface area contributed by atoms with Crippen molar-refractivity contribution in [1.82, 2.24) is 5.43 Å². The molecule has 0 radical (unpaired) electrons. The summed E-state index contributed by atoms with van der Waals surface area (Å²) in [6.45, 7) is 0.149. The maximum absolute atomic E-state index is 11.8. The first-order valence-electron chi connectivity index (χ1n) is 7.51. The van der Waals surface area contributed by atoms with Gasteiger partial charge in [0.25, 0.3) is 5.91 Å². The van der Waals surface area contributed by atoms with E-state index in [-0.39, 0.29) is 12.5 Å². The van der Waals surface area contributed by atoms with Crippen molar-refractivity contribution >= 4 is 40.2 Å². The quantitative estimate of drug-likeness (QED) is 0.545. The van der Waals surface area contributed by atoms with Crippen molar-refractivity contribution in [2.24, 2.45) is 5.10 Å². The van der Waals surface area contributed by atoms with Gasteiger partial charge in [-0.15, -0.1) is 0 Å². The average Bonchev–Trinajstić information content (AvgIpc) is 2.61. The topological polar surface area (TPSA) is 53.5 Å². The molecule has 0 aliphatic rings. The van der Waals surface area contributed by atoms with Crippen molar-refractivity contribution in [2.45, 2.75) is 0 Å². The van der Waals surface area contributed by atoms with E-state index in [9.17, 15) is 4.79 Å². The number of benzene rings is 3.